The molecule has 28 heavy (non-hydrogen) atoms. The van der Waals surface area contributed by atoms with Crippen LogP contribution in [-0.2, 0) is 12.0 Å². The number of nitrogens with zero attached hydrogens (tertiary/aromatic N) is 3. The Kier molecular flexibility index (Phi) is 5.68. The van der Waals surface area contributed by atoms with Crippen LogP contribution >= 0.6 is 0 Å². The number of rotatable bonds is 5. The Labute approximate surface area is 165 Å². The Bertz CT molecular complexity index is 964. The summed E-state index contributed by atoms with van der Waals surface area (Å²) in [5.41, 5.74) is 3.23. The summed E-state index contributed by atoms with van der Waals surface area (Å²) in [6.07, 6.45) is 1.70. The molecular formula is C22H25N5O. The van der Waals surface area contributed by atoms with Crippen molar-refractivity contribution in [2.24, 2.45) is 0 Å². The summed E-state index contributed by atoms with van der Waals surface area (Å²) in [5.74, 6) is 0.858. The summed E-state index contributed by atoms with van der Waals surface area (Å²) in [7, 11) is 0. The molecule has 2 N–H and O–H groups in total. The van der Waals surface area contributed by atoms with Crippen LogP contribution in [0.2, 0.25) is 0 Å². The number of anilines is 2. The molecule has 0 saturated heterocycles. The summed E-state index contributed by atoms with van der Waals surface area (Å²) in [6, 6.07) is 15.4. The Morgan fingerprint density at radius 1 is 1.04 bits per heavy atom. The van der Waals surface area contributed by atoms with Crippen LogP contribution in [0.15, 0.2) is 54.7 Å². The van der Waals surface area contributed by atoms with Crippen LogP contribution in [-0.4, -0.2) is 20.9 Å². The van der Waals surface area contributed by atoms with Gasteiger partial charge in [-0.1, -0.05) is 45.0 Å². The van der Waals surface area contributed by atoms with Crippen molar-refractivity contribution in [2.45, 2.75) is 39.7 Å². The molecule has 2 heterocycles. The highest BCUT2D eigenvalue weighted by Crippen LogP contribution is 2.30. The molecule has 3 aromatic rings. The summed E-state index contributed by atoms with van der Waals surface area (Å²) < 4.78 is 0. The van der Waals surface area contributed by atoms with Crippen LogP contribution in [0.3, 0.4) is 0 Å². The van der Waals surface area contributed by atoms with Gasteiger partial charge in [-0.3, -0.25) is 9.78 Å². The number of pyridine rings is 1. The summed E-state index contributed by atoms with van der Waals surface area (Å²) >= 11 is 0. The van der Waals surface area contributed by atoms with E-state index in [0.717, 1.165) is 11.4 Å². The fourth-order valence-electron chi connectivity index (χ4n) is 2.90. The molecule has 0 atom stereocenters. The van der Waals surface area contributed by atoms with Crippen LogP contribution < -0.4 is 10.6 Å². The van der Waals surface area contributed by atoms with Crippen LogP contribution in [0.1, 0.15) is 48.3 Å². The number of aromatic nitrogens is 3. The molecule has 0 spiro atoms. The number of hydrogen-bond donors (Lipinski definition) is 2. The first-order chi connectivity index (χ1) is 13.3. The fraction of sp³-hybridized carbons (Fsp3) is 0.273. The van der Waals surface area contributed by atoms with Gasteiger partial charge >= 0.3 is 0 Å². The van der Waals surface area contributed by atoms with Gasteiger partial charge in [0, 0.05) is 18.0 Å². The zero-order valence-corrected chi connectivity index (χ0v) is 16.7. The minimum Gasteiger partial charge on any atom is -0.345 e. The Morgan fingerprint density at radius 3 is 2.50 bits per heavy atom. The molecule has 1 amide bonds. The normalized spacial score (nSPS) is 11.1. The lowest BCUT2D eigenvalue weighted by Gasteiger charge is -2.23. The Morgan fingerprint density at radius 2 is 1.79 bits per heavy atom. The maximum absolute atomic E-state index is 12.5. The number of benzene rings is 1. The lowest BCUT2D eigenvalue weighted by atomic mass is 9.86. The third-order valence-electron chi connectivity index (χ3n) is 4.22. The van der Waals surface area contributed by atoms with E-state index in [9.17, 15) is 4.79 Å². The summed E-state index contributed by atoms with van der Waals surface area (Å²) in [6.45, 7) is 8.61. The molecule has 6 nitrogen and oxygen atoms in total. The molecule has 3 rings (SSSR count). The van der Waals surface area contributed by atoms with Gasteiger partial charge in [-0.25, -0.2) is 9.97 Å². The topological polar surface area (TPSA) is 79.8 Å². The monoisotopic (exact) mass is 375 g/mol. The van der Waals surface area contributed by atoms with Crippen molar-refractivity contribution >= 4 is 17.4 Å². The molecular weight excluding hydrogens is 350 g/mol. The molecule has 0 fully saturated rings. The molecule has 1 aromatic carbocycles. The average Bonchev–Trinajstić information content (AvgIpc) is 2.66. The van der Waals surface area contributed by atoms with Crippen LogP contribution in [0.25, 0.3) is 0 Å². The zero-order valence-electron chi connectivity index (χ0n) is 16.7. The maximum Gasteiger partial charge on any atom is 0.270 e. The lowest BCUT2D eigenvalue weighted by Crippen LogP contribution is -2.25. The van der Waals surface area contributed by atoms with Gasteiger partial charge in [0.25, 0.3) is 5.91 Å². The second kappa shape index (κ2) is 8.17. The number of para-hydroxylation sites is 1. The fourth-order valence-corrected chi connectivity index (χ4v) is 2.90. The summed E-state index contributed by atoms with van der Waals surface area (Å²) in [4.78, 5) is 25.5. The first-order valence-corrected chi connectivity index (χ1v) is 9.23. The number of carbonyl (C=O) groups is 1. The van der Waals surface area contributed by atoms with Crippen molar-refractivity contribution in [3.05, 3.63) is 77.5 Å². The van der Waals surface area contributed by atoms with E-state index in [1.54, 1.807) is 19.2 Å². The van der Waals surface area contributed by atoms with Gasteiger partial charge in [0.2, 0.25) is 0 Å². The second-order valence-corrected chi connectivity index (χ2v) is 7.61. The van der Waals surface area contributed by atoms with Gasteiger partial charge in [0.15, 0.2) is 0 Å². The SMILES string of the molecule is Cc1nc(Nc2ccccc2C(C)(C)C)cc(C(=O)NCc2ccccn2)n1. The molecule has 144 valence electrons. The van der Waals surface area contributed by atoms with E-state index in [0.29, 0.717) is 23.9 Å². The van der Waals surface area contributed by atoms with Gasteiger partial charge in [0.05, 0.1) is 12.2 Å². The first kappa shape index (κ1) is 19.5. The van der Waals surface area contributed by atoms with E-state index < -0.39 is 0 Å². The number of amides is 1. The number of carbonyl (C=O) groups excluding carboxylic acids is 1. The van der Waals surface area contributed by atoms with Gasteiger partial charge in [-0.2, -0.15) is 0 Å². The maximum atomic E-state index is 12.5. The second-order valence-electron chi connectivity index (χ2n) is 7.61. The van der Waals surface area contributed by atoms with E-state index in [1.165, 1.54) is 5.56 Å². The first-order valence-electron chi connectivity index (χ1n) is 9.23. The average molecular weight is 375 g/mol. The van der Waals surface area contributed by atoms with Crippen molar-refractivity contribution in [3.8, 4) is 0 Å². The van der Waals surface area contributed by atoms with Crippen LogP contribution in [0, 0.1) is 6.92 Å². The highest BCUT2D eigenvalue weighted by molar-refractivity contribution is 5.93. The van der Waals surface area contributed by atoms with Gasteiger partial charge < -0.3 is 10.6 Å². The van der Waals surface area contributed by atoms with E-state index in [2.05, 4.69) is 52.4 Å². The van der Waals surface area contributed by atoms with E-state index >= 15 is 0 Å². The van der Waals surface area contributed by atoms with Gasteiger partial charge in [-0.15, -0.1) is 0 Å². The van der Waals surface area contributed by atoms with Crippen molar-refractivity contribution in [3.63, 3.8) is 0 Å². The number of hydrogen-bond acceptors (Lipinski definition) is 5. The molecule has 0 aliphatic rings. The highest BCUT2D eigenvalue weighted by Gasteiger charge is 2.18. The Hall–Kier alpha value is -3.28. The molecule has 0 unspecified atom stereocenters. The highest BCUT2D eigenvalue weighted by atomic mass is 16.1. The van der Waals surface area contributed by atoms with Crippen molar-refractivity contribution < 1.29 is 4.79 Å². The van der Waals surface area contributed by atoms with Gasteiger partial charge in [-0.05, 0) is 36.1 Å². The molecule has 2 aromatic heterocycles. The third kappa shape index (κ3) is 4.91. The van der Waals surface area contributed by atoms with E-state index in [1.807, 2.05) is 36.4 Å². The lowest BCUT2D eigenvalue weighted by molar-refractivity contribution is 0.0945. The largest absolute Gasteiger partial charge is 0.345 e. The minimum absolute atomic E-state index is 0.0193. The van der Waals surface area contributed by atoms with E-state index in [4.69, 9.17) is 0 Å². The molecule has 0 bridgehead atoms. The third-order valence-corrected chi connectivity index (χ3v) is 4.22. The molecule has 0 radical (unpaired) electrons. The van der Waals surface area contributed by atoms with Crippen molar-refractivity contribution in [2.75, 3.05) is 5.32 Å². The Balaban J connectivity index is 1.80. The predicted octanol–water partition coefficient (Wildman–Crippen LogP) is 4.15. The smallest absolute Gasteiger partial charge is 0.270 e. The molecule has 6 heteroatoms. The van der Waals surface area contributed by atoms with Gasteiger partial charge in [0.1, 0.15) is 17.3 Å². The van der Waals surface area contributed by atoms with E-state index in [-0.39, 0.29) is 11.3 Å². The molecule has 0 aliphatic heterocycles. The quantitative estimate of drug-likeness (QED) is 0.700. The molecule has 0 saturated carbocycles. The van der Waals surface area contributed by atoms with Crippen molar-refractivity contribution in [1.82, 2.24) is 20.3 Å². The van der Waals surface area contributed by atoms with Crippen LogP contribution in [0.5, 0.6) is 0 Å². The molecule has 0 aliphatic carbocycles. The van der Waals surface area contributed by atoms with Crippen LogP contribution in [0.4, 0.5) is 11.5 Å². The minimum atomic E-state index is -0.261. The van der Waals surface area contributed by atoms with Crippen molar-refractivity contribution in [1.29, 1.82) is 0 Å². The zero-order chi connectivity index (χ0) is 20.1. The standard InChI is InChI=1S/C22H25N5O/c1-15-25-19(21(28)24-14-16-9-7-8-12-23-16)13-20(26-15)27-18-11-6-5-10-17(18)22(2,3)4/h5-13H,14H2,1-4H3,(H,24,28)(H,25,26,27). The number of nitrogens with one attached hydrogen (secondary N) is 2. The number of aryl methyl sites for hydroxylation is 1. The summed E-state index contributed by atoms with van der Waals surface area (Å²) in [5, 5.41) is 6.20. The predicted molar refractivity (Wildman–Crippen MR) is 111 cm³/mol.